The van der Waals surface area contributed by atoms with Crippen molar-refractivity contribution in [2.24, 2.45) is 0 Å². The van der Waals surface area contributed by atoms with Crippen molar-refractivity contribution < 1.29 is 9.18 Å². The molecule has 170 valence electrons. The van der Waals surface area contributed by atoms with Gasteiger partial charge in [-0.05, 0) is 45.0 Å². The summed E-state index contributed by atoms with van der Waals surface area (Å²) < 4.78 is 16.9. The first-order valence-electron chi connectivity index (χ1n) is 10.8. The van der Waals surface area contributed by atoms with Gasteiger partial charge in [0.05, 0.1) is 23.4 Å². The molecular formula is C23H20FN9O. The van der Waals surface area contributed by atoms with Gasteiger partial charge in [-0.3, -0.25) is 4.79 Å². The van der Waals surface area contributed by atoms with Crippen LogP contribution in [0.5, 0.6) is 0 Å². The van der Waals surface area contributed by atoms with Crippen LogP contribution in [0.1, 0.15) is 40.5 Å². The van der Waals surface area contributed by atoms with Crippen molar-refractivity contribution in [3.05, 3.63) is 70.9 Å². The third-order valence-corrected chi connectivity index (χ3v) is 6.27. The van der Waals surface area contributed by atoms with Gasteiger partial charge in [-0.15, -0.1) is 0 Å². The Balaban J connectivity index is 1.53. The Morgan fingerprint density at radius 1 is 0.971 bits per heavy atom. The molecule has 2 N–H and O–H groups in total. The van der Waals surface area contributed by atoms with Crippen LogP contribution < -0.4 is 5.32 Å². The molecule has 1 aliphatic rings. The van der Waals surface area contributed by atoms with E-state index in [2.05, 4.69) is 25.3 Å². The van der Waals surface area contributed by atoms with Gasteiger partial charge >= 0.3 is 0 Å². The molecule has 1 atom stereocenters. The van der Waals surface area contributed by atoms with Crippen LogP contribution in [-0.2, 0) is 4.79 Å². The fourth-order valence-electron chi connectivity index (χ4n) is 4.85. The molecule has 0 radical (unpaired) electrons. The van der Waals surface area contributed by atoms with Crippen molar-refractivity contribution in [3.63, 3.8) is 0 Å². The standard InChI is InChI=1S/C23H20FN9O/c1-11-18(13(3)32(30-11)15-6-4-14(24)5-7-15)16-8-17(34)29-22-19(16)12(2)31-33(22)23-20-21(26-9-25-20)27-10-28-23/h4-7,9-10,16H,8H2,1-3H3,(H,29,34)(H,25,26,27,28)/t16-/m0/s1. The Kier molecular flexibility index (Phi) is 4.34. The van der Waals surface area contributed by atoms with Crippen molar-refractivity contribution >= 4 is 22.9 Å². The highest BCUT2D eigenvalue weighted by molar-refractivity contribution is 5.95. The van der Waals surface area contributed by atoms with E-state index in [0.717, 1.165) is 33.9 Å². The molecule has 0 fully saturated rings. The number of halogens is 1. The molecule has 1 amide bonds. The van der Waals surface area contributed by atoms with Crippen molar-refractivity contribution in [3.8, 4) is 11.5 Å². The van der Waals surface area contributed by atoms with Crippen molar-refractivity contribution in [1.82, 2.24) is 39.5 Å². The van der Waals surface area contributed by atoms with Gasteiger partial charge in [-0.1, -0.05) is 0 Å². The maximum atomic E-state index is 13.5. The zero-order chi connectivity index (χ0) is 23.6. The first kappa shape index (κ1) is 20.2. The van der Waals surface area contributed by atoms with E-state index >= 15 is 0 Å². The maximum absolute atomic E-state index is 13.5. The summed E-state index contributed by atoms with van der Waals surface area (Å²) in [5.74, 6) is 0.399. The smallest absolute Gasteiger partial charge is 0.226 e. The lowest BCUT2D eigenvalue weighted by molar-refractivity contribution is -0.116. The molecule has 0 saturated heterocycles. The van der Waals surface area contributed by atoms with Gasteiger partial charge in [0.1, 0.15) is 23.5 Å². The minimum atomic E-state index is -0.307. The number of aromatic amines is 1. The normalized spacial score (nSPS) is 15.5. The van der Waals surface area contributed by atoms with Crippen LogP contribution in [-0.4, -0.2) is 45.4 Å². The van der Waals surface area contributed by atoms with Crippen molar-refractivity contribution in [2.75, 3.05) is 5.32 Å². The molecule has 0 spiro atoms. The molecular weight excluding hydrogens is 437 g/mol. The number of carbonyl (C=O) groups excluding carboxylic acids is 1. The Morgan fingerprint density at radius 3 is 2.50 bits per heavy atom. The summed E-state index contributed by atoms with van der Waals surface area (Å²) in [5, 5.41) is 12.4. The highest BCUT2D eigenvalue weighted by Gasteiger charge is 2.36. The Hall–Kier alpha value is -4.41. The summed E-state index contributed by atoms with van der Waals surface area (Å²) in [6.07, 6.45) is 3.23. The van der Waals surface area contributed by atoms with Gasteiger partial charge in [-0.2, -0.15) is 14.9 Å². The van der Waals surface area contributed by atoms with Gasteiger partial charge in [-0.25, -0.2) is 24.0 Å². The van der Waals surface area contributed by atoms with Crippen LogP contribution in [0.25, 0.3) is 22.7 Å². The van der Waals surface area contributed by atoms with Gasteiger partial charge in [0, 0.05) is 29.2 Å². The number of nitrogens with one attached hydrogen (secondary N) is 2. The first-order chi connectivity index (χ1) is 16.4. The second-order valence-corrected chi connectivity index (χ2v) is 8.34. The maximum Gasteiger partial charge on any atom is 0.226 e. The monoisotopic (exact) mass is 457 g/mol. The van der Waals surface area contributed by atoms with Gasteiger partial charge < -0.3 is 10.3 Å². The molecule has 0 bridgehead atoms. The van der Waals surface area contributed by atoms with E-state index in [0.29, 0.717) is 22.8 Å². The summed E-state index contributed by atoms with van der Waals surface area (Å²) in [6, 6.07) is 6.19. The Labute approximate surface area is 192 Å². The van der Waals surface area contributed by atoms with E-state index in [1.807, 2.05) is 20.8 Å². The SMILES string of the molecule is Cc1nn(-c2ccc(F)cc2)c(C)c1[C@@H]1CC(=O)Nc2c1c(C)nn2-c1ncnc2nc[nH]c12. The van der Waals surface area contributed by atoms with Crippen LogP contribution in [0, 0.1) is 26.6 Å². The fraction of sp³-hybridized carbons (Fsp3) is 0.217. The predicted molar refractivity (Wildman–Crippen MR) is 122 cm³/mol. The lowest BCUT2D eigenvalue weighted by Gasteiger charge is -2.24. The lowest BCUT2D eigenvalue weighted by atomic mass is 9.84. The fourth-order valence-corrected chi connectivity index (χ4v) is 4.85. The molecule has 4 aromatic heterocycles. The molecule has 6 rings (SSSR count). The molecule has 0 aliphatic carbocycles. The number of imidazole rings is 1. The molecule has 0 unspecified atom stereocenters. The number of benzene rings is 1. The van der Waals surface area contributed by atoms with Crippen LogP contribution in [0.4, 0.5) is 10.2 Å². The van der Waals surface area contributed by atoms with Crippen LogP contribution in [0.3, 0.4) is 0 Å². The minimum absolute atomic E-state index is 0.123. The van der Waals surface area contributed by atoms with E-state index in [1.54, 1.807) is 27.8 Å². The van der Waals surface area contributed by atoms with Gasteiger partial charge in [0.15, 0.2) is 11.5 Å². The highest BCUT2D eigenvalue weighted by Crippen LogP contribution is 2.42. The van der Waals surface area contributed by atoms with E-state index in [-0.39, 0.29) is 24.1 Å². The second kappa shape index (κ2) is 7.30. The molecule has 5 aromatic rings. The number of aryl methyl sites for hydroxylation is 2. The van der Waals surface area contributed by atoms with Gasteiger partial charge in [0.2, 0.25) is 5.91 Å². The number of hydrogen-bond acceptors (Lipinski definition) is 6. The number of H-pyrrole nitrogens is 1. The Morgan fingerprint density at radius 2 is 1.71 bits per heavy atom. The second-order valence-electron chi connectivity index (χ2n) is 8.34. The number of hydrogen-bond donors (Lipinski definition) is 2. The number of anilines is 1. The topological polar surface area (TPSA) is 119 Å². The molecule has 5 heterocycles. The van der Waals surface area contributed by atoms with E-state index in [1.165, 1.54) is 18.5 Å². The van der Waals surface area contributed by atoms with Crippen molar-refractivity contribution in [2.45, 2.75) is 33.1 Å². The molecule has 0 saturated carbocycles. The quantitative estimate of drug-likeness (QED) is 0.429. The van der Waals surface area contributed by atoms with E-state index in [9.17, 15) is 9.18 Å². The summed E-state index contributed by atoms with van der Waals surface area (Å²) >= 11 is 0. The number of carbonyl (C=O) groups is 1. The average molecular weight is 457 g/mol. The van der Waals surface area contributed by atoms with E-state index < -0.39 is 0 Å². The predicted octanol–water partition coefficient (Wildman–Crippen LogP) is 3.26. The summed E-state index contributed by atoms with van der Waals surface area (Å²) in [5.41, 5.74) is 6.23. The number of nitrogens with zero attached hydrogens (tertiary/aromatic N) is 7. The number of fused-ring (bicyclic) bond motifs is 2. The highest BCUT2D eigenvalue weighted by atomic mass is 19.1. The number of aromatic nitrogens is 8. The third kappa shape index (κ3) is 2.93. The van der Waals surface area contributed by atoms with Crippen LogP contribution in [0.15, 0.2) is 36.9 Å². The molecule has 1 aromatic carbocycles. The largest absolute Gasteiger partial charge is 0.340 e. The molecule has 11 heteroatoms. The van der Waals surface area contributed by atoms with Crippen LogP contribution in [0.2, 0.25) is 0 Å². The summed E-state index contributed by atoms with van der Waals surface area (Å²) in [6.45, 7) is 5.80. The first-order valence-corrected chi connectivity index (χ1v) is 10.8. The zero-order valence-corrected chi connectivity index (χ0v) is 18.7. The number of amides is 1. The van der Waals surface area contributed by atoms with Crippen LogP contribution >= 0.6 is 0 Å². The summed E-state index contributed by atoms with van der Waals surface area (Å²) in [4.78, 5) is 28.7. The molecule has 10 nitrogen and oxygen atoms in total. The lowest BCUT2D eigenvalue weighted by Crippen LogP contribution is -2.25. The van der Waals surface area contributed by atoms with Gasteiger partial charge in [0.25, 0.3) is 0 Å². The Bertz CT molecular complexity index is 1580. The zero-order valence-electron chi connectivity index (χ0n) is 18.7. The van der Waals surface area contributed by atoms with E-state index in [4.69, 9.17) is 10.2 Å². The number of rotatable bonds is 3. The summed E-state index contributed by atoms with van der Waals surface area (Å²) in [7, 11) is 0. The average Bonchev–Trinajstić information content (AvgIpc) is 3.50. The molecule has 34 heavy (non-hydrogen) atoms. The molecule has 1 aliphatic heterocycles. The minimum Gasteiger partial charge on any atom is -0.340 e. The van der Waals surface area contributed by atoms with Crippen molar-refractivity contribution in [1.29, 1.82) is 0 Å². The third-order valence-electron chi connectivity index (χ3n) is 6.27.